The molecule has 0 aromatic heterocycles. The van der Waals surface area contributed by atoms with Gasteiger partial charge in [0.2, 0.25) is 0 Å². The minimum atomic E-state index is -0.854. The maximum atomic E-state index is 10.8. The van der Waals surface area contributed by atoms with Crippen molar-refractivity contribution in [2.45, 2.75) is 147 Å². The SMILES string of the molecule is CCCCCCCCCCCCC#C[C@@H](O)/C=C/C[C@H]1O[C@H](COCc2ccccc2)[C@H](OCc2ccccc2)[C@H](OCc2ccccc2)[C@H]1OCc1ccccc1. The van der Waals surface area contributed by atoms with E-state index in [1.165, 1.54) is 57.8 Å². The zero-order valence-electron chi connectivity index (χ0n) is 34.7. The van der Waals surface area contributed by atoms with E-state index in [0.29, 0.717) is 39.5 Å². The molecule has 0 aliphatic carbocycles. The molecule has 0 spiro atoms. The van der Waals surface area contributed by atoms with Crippen LogP contribution in [0.5, 0.6) is 0 Å². The van der Waals surface area contributed by atoms with Crippen LogP contribution in [0.4, 0.5) is 0 Å². The Balaban J connectivity index is 1.28. The van der Waals surface area contributed by atoms with Gasteiger partial charge in [-0.1, -0.05) is 198 Å². The van der Waals surface area contributed by atoms with Crippen LogP contribution >= 0.6 is 0 Å². The molecule has 6 nitrogen and oxygen atoms in total. The second kappa shape index (κ2) is 27.6. The van der Waals surface area contributed by atoms with Gasteiger partial charge in [0.1, 0.15) is 30.5 Å². The first-order valence-corrected chi connectivity index (χ1v) is 21.8. The molecule has 0 saturated carbocycles. The molecule has 6 atom stereocenters. The number of hydrogen-bond acceptors (Lipinski definition) is 6. The van der Waals surface area contributed by atoms with Gasteiger partial charge in [0.05, 0.1) is 39.1 Å². The molecule has 1 N–H and O–H groups in total. The number of aliphatic hydroxyl groups is 1. The largest absolute Gasteiger partial charge is 0.377 e. The monoisotopic (exact) mass is 786 g/mol. The van der Waals surface area contributed by atoms with Crippen LogP contribution in [0.3, 0.4) is 0 Å². The van der Waals surface area contributed by atoms with Crippen LogP contribution in [0.2, 0.25) is 0 Å². The van der Waals surface area contributed by atoms with Crippen LogP contribution in [0, 0.1) is 11.8 Å². The lowest BCUT2D eigenvalue weighted by molar-refractivity contribution is -0.271. The Morgan fingerprint density at radius 3 is 1.48 bits per heavy atom. The molecule has 6 heteroatoms. The van der Waals surface area contributed by atoms with Crippen molar-refractivity contribution >= 4 is 0 Å². The van der Waals surface area contributed by atoms with Crippen molar-refractivity contribution in [3.8, 4) is 11.8 Å². The molecule has 4 aromatic carbocycles. The van der Waals surface area contributed by atoms with Crippen LogP contribution in [-0.4, -0.2) is 48.3 Å². The summed E-state index contributed by atoms with van der Waals surface area (Å²) >= 11 is 0. The molecular formula is C52H66O6. The van der Waals surface area contributed by atoms with E-state index in [-0.39, 0.29) is 0 Å². The normalized spacial score (nSPS) is 19.8. The minimum absolute atomic E-state index is 0.304. The van der Waals surface area contributed by atoms with Crippen molar-refractivity contribution in [1.29, 1.82) is 0 Å². The van der Waals surface area contributed by atoms with Crippen LogP contribution < -0.4 is 0 Å². The van der Waals surface area contributed by atoms with Gasteiger partial charge in [-0.15, -0.1) is 5.92 Å². The Labute approximate surface area is 348 Å². The van der Waals surface area contributed by atoms with Crippen molar-refractivity contribution in [2.24, 2.45) is 0 Å². The second-order valence-electron chi connectivity index (χ2n) is 15.4. The summed E-state index contributed by atoms with van der Waals surface area (Å²) in [6.45, 7) is 4.17. The zero-order chi connectivity index (χ0) is 40.3. The summed E-state index contributed by atoms with van der Waals surface area (Å²) in [7, 11) is 0. The van der Waals surface area contributed by atoms with Crippen molar-refractivity contribution in [3.63, 3.8) is 0 Å². The number of rotatable bonds is 26. The van der Waals surface area contributed by atoms with E-state index in [9.17, 15) is 5.11 Å². The summed E-state index contributed by atoms with van der Waals surface area (Å²) in [5.41, 5.74) is 4.26. The lowest BCUT2D eigenvalue weighted by Gasteiger charge is -2.46. The van der Waals surface area contributed by atoms with Crippen LogP contribution in [0.1, 0.15) is 106 Å². The number of hydrogen-bond donors (Lipinski definition) is 1. The van der Waals surface area contributed by atoms with Gasteiger partial charge >= 0.3 is 0 Å². The third-order valence-corrected chi connectivity index (χ3v) is 10.6. The topological polar surface area (TPSA) is 66.4 Å². The smallest absolute Gasteiger partial charge is 0.133 e. The van der Waals surface area contributed by atoms with Gasteiger partial charge < -0.3 is 28.8 Å². The summed E-state index contributed by atoms with van der Waals surface area (Å²) in [4.78, 5) is 0. The van der Waals surface area contributed by atoms with Gasteiger partial charge in [0, 0.05) is 6.42 Å². The summed E-state index contributed by atoms with van der Waals surface area (Å²) in [6.07, 6.45) is 14.8. The van der Waals surface area contributed by atoms with E-state index in [0.717, 1.165) is 35.1 Å². The van der Waals surface area contributed by atoms with Crippen LogP contribution in [0.25, 0.3) is 0 Å². The zero-order valence-corrected chi connectivity index (χ0v) is 34.7. The van der Waals surface area contributed by atoms with Gasteiger partial charge in [-0.05, 0) is 41.2 Å². The van der Waals surface area contributed by atoms with Crippen LogP contribution in [-0.2, 0) is 50.1 Å². The first kappa shape index (κ1) is 45.0. The van der Waals surface area contributed by atoms with Crippen LogP contribution in [0.15, 0.2) is 133 Å². The second-order valence-corrected chi connectivity index (χ2v) is 15.4. The van der Waals surface area contributed by atoms with Gasteiger partial charge in [-0.3, -0.25) is 0 Å². The Hall–Kier alpha value is -4.06. The minimum Gasteiger partial charge on any atom is -0.377 e. The van der Waals surface area contributed by atoms with Gasteiger partial charge in [0.25, 0.3) is 0 Å². The highest BCUT2D eigenvalue weighted by atomic mass is 16.6. The van der Waals surface area contributed by atoms with Crippen molar-refractivity contribution in [1.82, 2.24) is 0 Å². The summed E-state index contributed by atoms with van der Waals surface area (Å²) in [6, 6.07) is 40.7. The summed E-state index contributed by atoms with van der Waals surface area (Å²) in [5, 5.41) is 10.8. The first-order chi connectivity index (χ1) is 28.7. The van der Waals surface area contributed by atoms with Crippen molar-refractivity contribution in [3.05, 3.63) is 156 Å². The standard InChI is InChI=1S/C52H66O6/c1-2-3-4-5-6-7-8-9-10-11-12-25-35-47(53)36-26-37-48-50(55-39-44-29-19-14-20-30-44)52(57-41-46-33-23-16-24-34-46)51(56-40-45-31-21-15-22-32-45)49(58-48)42-54-38-43-27-17-13-18-28-43/h13-24,26-34,36,47-53H,2-12,37-42H2,1H3/b36-26+/t47-,48-,49-,50+,51+,52-/m1/s1. The molecule has 5 rings (SSSR count). The van der Waals surface area contributed by atoms with Crippen molar-refractivity contribution < 1.29 is 28.8 Å². The fourth-order valence-corrected chi connectivity index (χ4v) is 7.34. The molecule has 1 fully saturated rings. The molecule has 0 radical (unpaired) electrons. The number of benzene rings is 4. The quantitative estimate of drug-likeness (QED) is 0.0388. The highest BCUT2D eigenvalue weighted by Gasteiger charge is 2.48. The third kappa shape index (κ3) is 17.0. The van der Waals surface area contributed by atoms with E-state index < -0.39 is 36.6 Å². The molecule has 0 bridgehead atoms. The highest BCUT2D eigenvalue weighted by molar-refractivity contribution is 5.17. The molecule has 58 heavy (non-hydrogen) atoms. The van der Waals surface area contributed by atoms with E-state index in [1.807, 2.05) is 78.9 Å². The predicted octanol–water partition coefficient (Wildman–Crippen LogP) is 11.3. The van der Waals surface area contributed by atoms with Gasteiger partial charge in [-0.2, -0.15) is 0 Å². The molecule has 310 valence electrons. The Kier molecular flexibility index (Phi) is 21.4. The number of aliphatic hydroxyl groups excluding tert-OH is 1. The maximum Gasteiger partial charge on any atom is 0.133 e. The molecule has 1 aliphatic rings. The molecular weight excluding hydrogens is 721 g/mol. The third-order valence-electron chi connectivity index (χ3n) is 10.6. The lowest BCUT2D eigenvalue weighted by Crippen LogP contribution is -2.61. The molecule has 4 aromatic rings. The highest BCUT2D eigenvalue weighted by Crippen LogP contribution is 2.32. The fourth-order valence-electron chi connectivity index (χ4n) is 7.34. The predicted molar refractivity (Wildman–Crippen MR) is 234 cm³/mol. The molecule has 0 amide bonds. The van der Waals surface area contributed by atoms with E-state index in [1.54, 1.807) is 6.08 Å². The number of unbranched alkanes of at least 4 members (excludes halogenated alkanes) is 10. The molecule has 1 saturated heterocycles. The Morgan fingerprint density at radius 2 is 0.983 bits per heavy atom. The Morgan fingerprint density at radius 1 is 0.552 bits per heavy atom. The van der Waals surface area contributed by atoms with E-state index >= 15 is 0 Å². The van der Waals surface area contributed by atoms with E-state index in [2.05, 4.69) is 67.3 Å². The van der Waals surface area contributed by atoms with Crippen molar-refractivity contribution in [2.75, 3.05) is 6.61 Å². The lowest BCUT2D eigenvalue weighted by atomic mass is 9.92. The average molecular weight is 787 g/mol. The maximum absolute atomic E-state index is 10.8. The molecule has 1 aliphatic heterocycles. The number of ether oxygens (including phenoxy) is 5. The first-order valence-electron chi connectivity index (χ1n) is 21.8. The summed E-state index contributed by atoms with van der Waals surface area (Å²) in [5.74, 6) is 6.23. The van der Waals surface area contributed by atoms with Gasteiger partial charge in [0.15, 0.2) is 0 Å². The molecule has 1 heterocycles. The fraction of sp³-hybridized carbons (Fsp3) is 0.462. The molecule has 0 unspecified atom stereocenters. The summed E-state index contributed by atoms with van der Waals surface area (Å²) < 4.78 is 33.7. The average Bonchev–Trinajstić information content (AvgIpc) is 3.26. The Bertz CT molecular complexity index is 1700. The van der Waals surface area contributed by atoms with E-state index in [4.69, 9.17) is 23.7 Å². The van der Waals surface area contributed by atoms with Gasteiger partial charge in [-0.25, -0.2) is 0 Å².